The van der Waals surface area contributed by atoms with Crippen LogP contribution in [0.1, 0.15) is 67.8 Å². The Balaban J connectivity index is 2.56. The molecule has 0 aliphatic carbocycles. The molecule has 7 heteroatoms. The van der Waals surface area contributed by atoms with E-state index in [-0.39, 0.29) is 23.8 Å². The van der Waals surface area contributed by atoms with Gasteiger partial charge in [0.15, 0.2) is 34.6 Å². The number of carbonyl (C=O) groups excluding carboxylic acids is 2. The van der Waals surface area contributed by atoms with Gasteiger partial charge in [0.05, 0.1) is 32.1 Å². The molecular weight excluding hydrogens is 410 g/mol. The molecule has 1 N–H and O–H groups in total. The van der Waals surface area contributed by atoms with Crippen LogP contribution in [-0.4, -0.2) is 38.0 Å². The lowest BCUT2D eigenvalue weighted by molar-refractivity contribution is 0.100. The summed E-state index contributed by atoms with van der Waals surface area (Å²) in [6, 6.07) is 6.86. The van der Waals surface area contributed by atoms with E-state index in [0.29, 0.717) is 46.4 Å². The van der Waals surface area contributed by atoms with Crippen LogP contribution in [0.3, 0.4) is 0 Å². The van der Waals surface area contributed by atoms with Gasteiger partial charge in [0.25, 0.3) is 0 Å². The second kappa shape index (κ2) is 10.9. The zero-order valence-corrected chi connectivity index (χ0v) is 20.1. The van der Waals surface area contributed by atoms with Gasteiger partial charge in [0.1, 0.15) is 0 Å². The molecule has 0 saturated carbocycles. The van der Waals surface area contributed by atoms with Crippen molar-refractivity contribution in [2.24, 2.45) is 0 Å². The monoisotopic (exact) mass is 443 g/mol. The van der Waals surface area contributed by atoms with Crippen LogP contribution in [0, 0.1) is 0 Å². The number of methoxy groups -OCH3 is 2. The Morgan fingerprint density at radius 3 is 1.72 bits per heavy atom. The van der Waals surface area contributed by atoms with Crippen molar-refractivity contribution in [3.8, 4) is 23.0 Å². The Morgan fingerprint density at radius 1 is 0.781 bits per heavy atom. The second-order valence-electron chi connectivity index (χ2n) is 8.02. The van der Waals surface area contributed by atoms with Crippen molar-refractivity contribution in [2.45, 2.75) is 60.3 Å². The summed E-state index contributed by atoms with van der Waals surface area (Å²) in [6.45, 7) is 11.0. The molecule has 32 heavy (non-hydrogen) atoms. The summed E-state index contributed by atoms with van der Waals surface area (Å²) >= 11 is 0. The summed E-state index contributed by atoms with van der Waals surface area (Å²) in [7, 11) is 3.07. The van der Waals surface area contributed by atoms with Gasteiger partial charge >= 0.3 is 0 Å². The van der Waals surface area contributed by atoms with Gasteiger partial charge in [0.2, 0.25) is 0 Å². The fourth-order valence-electron chi connectivity index (χ4n) is 3.15. The van der Waals surface area contributed by atoms with E-state index in [2.05, 4.69) is 5.32 Å². The van der Waals surface area contributed by atoms with Crippen LogP contribution < -0.4 is 24.3 Å². The van der Waals surface area contributed by atoms with E-state index in [9.17, 15) is 9.59 Å². The molecular formula is C25H33NO6. The number of nitrogens with one attached hydrogen (secondary N) is 1. The predicted octanol–water partition coefficient (Wildman–Crippen LogP) is 5.30. The van der Waals surface area contributed by atoms with Gasteiger partial charge < -0.3 is 24.3 Å². The van der Waals surface area contributed by atoms with E-state index in [1.54, 1.807) is 31.4 Å². The number of carbonyl (C=O) groups is 2. The van der Waals surface area contributed by atoms with Crippen LogP contribution in [0.2, 0.25) is 0 Å². The first-order valence-electron chi connectivity index (χ1n) is 10.6. The van der Waals surface area contributed by atoms with E-state index in [1.165, 1.54) is 21.0 Å². The molecule has 2 rings (SSSR count). The first-order valence-corrected chi connectivity index (χ1v) is 10.6. The molecule has 0 aromatic heterocycles. The van der Waals surface area contributed by atoms with Crippen molar-refractivity contribution in [3.63, 3.8) is 0 Å². The van der Waals surface area contributed by atoms with Crippen molar-refractivity contribution in [2.75, 3.05) is 19.5 Å². The molecule has 0 radical (unpaired) electrons. The highest BCUT2D eigenvalue weighted by molar-refractivity contribution is 5.96. The van der Waals surface area contributed by atoms with Gasteiger partial charge in [-0.05, 0) is 65.8 Å². The summed E-state index contributed by atoms with van der Waals surface area (Å²) in [5.74, 6) is 1.84. The van der Waals surface area contributed by atoms with E-state index >= 15 is 0 Å². The van der Waals surface area contributed by atoms with Crippen molar-refractivity contribution >= 4 is 17.3 Å². The highest BCUT2D eigenvalue weighted by Crippen LogP contribution is 2.39. The number of benzene rings is 2. The minimum atomic E-state index is -0.103. The van der Waals surface area contributed by atoms with Crippen LogP contribution in [0.25, 0.3) is 0 Å². The van der Waals surface area contributed by atoms with Crippen molar-refractivity contribution < 1.29 is 28.5 Å². The number of anilines is 1. The molecule has 174 valence electrons. The first kappa shape index (κ1) is 25.0. The molecule has 2 aromatic rings. The number of rotatable bonds is 11. The van der Waals surface area contributed by atoms with Gasteiger partial charge in [-0.2, -0.15) is 0 Å². The minimum Gasteiger partial charge on any atom is -0.493 e. The van der Waals surface area contributed by atoms with E-state index in [4.69, 9.17) is 18.9 Å². The van der Waals surface area contributed by atoms with Gasteiger partial charge in [-0.1, -0.05) is 0 Å². The lowest BCUT2D eigenvalue weighted by Crippen LogP contribution is -2.13. The maximum Gasteiger partial charge on any atom is 0.184 e. The molecule has 0 aliphatic rings. The molecule has 0 fully saturated rings. The van der Waals surface area contributed by atoms with Crippen LogP contribution >= 0.6 is 0 Å². The third kappa shape index (κ3) is 6.15. The van der Waals surface area contributed by atoms with Crippen molar-refractivity contribution in [1.82, 2.24) is 0 Å². The quantitative estimate of drug-likeness (QED) is 0.472. The van der Waals surface area contributed by atoms with Crippen molar-refractivity contribution in [3.05, 3.63) is 41.0 Å². The molecule has 0 heterocycles. The highest BCUT2D eigenvalue weighted by atomic mass is 16.5. The average molecular weight is 444 g/mol. The summed E-state index contributed by atoms with van der Waals surface area (Å²) < 4.78 is 23.0. The number of Topliss-reactive ketones (excluding diaryl/α,β-unsaturated/α-hetero) is 2. The van der Waals surface area contributed by atoms with Crippen LogP contribution in [0.15, 0.2) is 24.3 Å². The zero-order chi connectivity index (χ0) is 24.0. The standard InChI is InChI=1S/C25H33NO6/c1-14(2)31-24-20(9-18(16(5)27)11-22(24)29-7)13-26-21-10-19(17(6)28)12-23(30-8)25(21)32-15(3)4/h9-12,14-15,26H,13H2,1-8H3. The fourth-order valence-corrected chi connectivity index (χ4v) is 3.15. The lowest BCUT2D eigenvalue weighted by Gasteiger charge is -2.22. The van der Waals surface area contributed by atoms with Crippen LogP contribution in [0.5, 0.6) is 23.0 Å². The third-order valence-corrected chi connectivity index (χ3v) is 4.62. The number of ketones is 2. The molecule has 2 aromatic carbocycles. The average Bonchev–Trinajstić information content (AvgIpc) is 2.72. The Hall–Kier alpha value is -3.22. The smallest absolute Gasteiger partial charge is 0.184 e. The summed E-state index contributed by atoms with van der Waals surface area (Å²) in [5, 5.41) is 3.33. The Kier molecular flexibility index (Phi) is 8.52. The summed E-state index contributed by atoms with van der Waals surface area (Å²) in [4.78, 5) is 24.1. The first-order chi connectivity index (χ1) is 15.1. The largest absolute Gasteiger partial charge is 0.493 e. The predicted molar refractivity (Wildman–Crippen MR) is 125 cm³/mol. The highest BCUT2D eigenvalue weighted by Gasteiger charge is 2.20. The second-order valence-corrected chi connectivity index (χ2v) is 8.02. The van der Waals surface area contributed by atoms with E-state index < -0.39 is 0 Å². The Labute approximate surface area is 190 Å². The molecule has 0 bridgehead atoms. The van der Waals surface area contributed by atoms with Gasteiger partial charge in [-0.3, -0.25) is 9.59 Å². The van der Waals surface area contributed by atoms with E-state index in [0.717, 1.165) is 5.56 Å². The summed E-state index contributed by atoms with van der Waals surface area (Å²) in [5.41, 5.74) is 2.36. The minimum absolute atomic E-state index is 0.0790. The number of hydrogen-bond acceptors (Lipinski definition) is 7. The maximum absolute atomic E-state index is 12.1. The molecule has 7 nitrogen and oxygen atoms in total. The molecule has 0 unspecified atom stereocenters. The maximum atomic E-state index is 12.1. The van der Waals surface area contributed by atoms with Gasteiger partial charge in [-0.25, -0.2) is 0 Å². The lowest BCUT2D eigenvalue weighted by atomic mass is 10.0. The third-order valence-electron chi connectivity index (χ3n) is 4.62. The number of ether oxygens (including phenoxy) is 4. The number of hydrogen-bond donors (Lipinski definition) is 1. The molecule has 0 atom stereocenters. The van der Waals surface area contributed by atoms with Gasteiger partial charge in [0, 0.05) is 23.2 Å². The SMILES string of the molecule is COc1cc(C(C)=O)cc(CNc2cc(C(C)=O)cc(OC)c2OC(C)C)c1OC(C)C. The molecule has 0 amide bonds. The fraction of sp³-hybridized carbons (Fsp3) is 0.440. The molecule has 0 aliphatic heterocycles. The Morgan fingerprint density at radius 2 is 1.25 bits per heavy atom. The Bertz CT molecular complexity index is 901. The summed E-state index contributed by atoms with van der Waals surface area (Å²) in [6.07, 6.45) is -0.194. The zero-order valence-electron chi connectivity index (χ0n) is 20.1. The molecule has 0 saturated heterocycles. The normalized spacial score (nSPS) is 10.8. The topological polar surface area (TPSA) is 83.1 Å². The van der Waals surface area contributed by atoms with E-state index in [1.807, 2.05) is 27.7 Å². The van der Waals surface area contributed by atoms with Crippen LogP contribution in [-0.2, 0) is 6.54 Å². The molecule has 0 spiro atoms. The van der Waals surface area contributed by atoms with Crippen LogP contribution in [0.4, 0.5) is 5.69 Å². The van der Waals surface area contributed by atoms with Crippen molar-refractivity contribution in [1.29, 1.82) is 0 Å². The van der Waals surface area contributed by atoms with Gasteiger partial charge in [-0.15, -0.1) is 0 Å².